The minimum Gasteiger partial charge on any atom is -0.494 e. The van der Waals surface area contributed by atoms with E-state index >= 15 is 0 Å². The number of rotatable bonds is 4. The van der Waals surface area contributed by atoms with Crippen LogP contribution in [0.15, 0.2) is 53.8 Å². The average molecular weight is 226 g/mol. The minimum absolute atomic E-state index is 0.770. The highest BCUT2D eigenvalue weighted by atomic mass is 16.5. The molecule has 2 aromatic rings. The molecule has 0 aliphatic rings. The van der Waals surface area contributed by atoms with Crippen LogP contribution in [0.2, 0.25) is 0 Å². The summed E-state index contributed by atoms with van der Waals surface area (Å²) in [5, 5.41) is 0. The van der Waals surface area contributed by atoms with E-state index in [0.717, 1.165) is 23.4 Å². The Morgan fingerprint density at radius 1 is 1.24 bits per heavy atom. The molecule has 0 fully saturated rings. The molecule has 0 aliphatic carbocycles. The van der Waals surface area contributed by atoms with Gasteiger partial charge in [-0.1, -0.05) is 18.2 Å². The van der Waals surface area contributed by atoms with Gasteiger partial charge in [-0.25, -0.2) is 0 Å². The molecular weight excluding hydrogens is 212 g/mol. The van der Waals surface area contributed by atoms with Gasteiger partial charge in [-0.2, -0.15) is 0 Å². The zero-order chi connectivity index (χ0) is 11.9. The van der Waals surface area contributed by atoms with Gasteiger partial charge in [-0.15, -0.1) is 0 Å². The predicted octanol–water partition coefficient (Wildman–Crippen LogP) is 3.04. The normalized spacial score (nSPS) is 10.6. The molecule has 17 heavy (non-hydrogen) atoms. The lowest BCUT2D eigenvalue weighted by molar-refractivity contribution is 0.416. The van der Waals surface area contributed by atoms with Gasteiger partial charge in [-0.05, 0) is 23.8 Å². The van der Waals surface area contributed by atoms with Gasteiger partial charge in [0.25, 0.3) is 0 Å². The summed E-state index contributed by atoms with van der Waals surface area (Å²) in [6.45, 7) is 0. The summed E-state index contributed by atoms with van der Waals surface area (Å²) in [6, 6.07) is 11.7. The summed E-state index contributed by atoms with van der Waals surface area (Å²) in [6.07, 6.45) is 6.25. The number of ether oxygens (including phenoxy) is 1. The Bertz CT molecular complexity index is 495. The maximum atomic E-state index is 5.22. The zero-order valence-corrected chi connectivity index (χ0v) is 9.71. The van der Waals surface area contributed by atoms with Crippen molar-refractivity contribution in [2.75, 3.05) is 7.11 Å². The highest BCUT2D eigenvalue weighted by Gasteiger charge is 1.97. The Labute approximate surface area is 101 Å². The summed E-state index contributed by atoms with van der Waals surface area (Å²) in [7, 11) is 1.65. The summed E-state index contributed by atoms with van der Waals surface area (Å²) in [5.41, 5.74) is 1.99. The zero-order valence-electron chi connectivity index (χ0n) is 9.71. The third-order valence-electron chi connectivity index (χ3n) is 2.37. The number of nitrogens with zero attached hydrogens (tertiary/aromatic N) is 2. The lowest BCUT2D eigenvalue weighted by atomic mass is 10.2. The number of hydrogen-bond donors (Lipinski definition) is 0. The van der Waals surface area contributed by atoms with E-state index in [2.05, 4.69) is 9.98 Å². The number of para-hydroxylation sites is 2. The molecule has 86 valence electrons. The first-order valence-corrected chi connectivity index (χ1v) is 5.44. The standard InChI is InChI=1S/C14H14N2O/c1-17-14-7-3-2-6-13(14)16-10-8-12-5-4-9-15-11-12/h2-7,9-11H,8H2,1H3. The third kappa shape index (κ3) is 3.14. The van der Waals surface area contributed by atoms with Crippen LogP contribution in [-0.2, 0) is 6.42 Å². The van der Waals surface area contributed by atoms with Gasteiger partial charge in [0, 0.05) is 25.0 Å². The SMILES string of the molecule is COc1ccccc1N=CCc1cccnc1. The second-order valence-electron chi connectivity index (χ2n) is 3.55. The maximum Gasteiger partial charge on any atom is 0.144 e. The topological polar surface area (TPSA) is 34.5 Å². The second kappa shape index (κ2) is 5.80. The molecule has 0 amide bonds. The average Bonchev–Trinajstić information content (AvgIpc) is 2.40. The lowest BCUT2D eigenvalue weighted by Gasteiger charge is -2.02. The second-order valence-corrected chi connectivity index (χ2v) is 3.55. The van der Waals surface area contributed by atoms with Crippen LogP contribution >= 0.6 is 0 Å². The molecule has 0 spiro atoms. The number of methoxy groups -OCH3 is 1. The largest absolute Gasteiger partial charge is 0.494 e. The van der Waals surface area contributed by atoms with Gasteiger partial charge >= 0.3 is 0 Å². The lowest BCUT2D eigenvalue weighted by Crippen LogP contribution is -1.87. The van der Waals surface area contributed by atoms with Crippen molar-refractivity contribution in [3.63, 3.8) is 0 Å². The fourth-order valence-electron chi connectivity index (χ4n) is 1.50. The highest BCUT2D eigenvalue weighted by Crippen LogP contribution is 2.25. The van der Waals surface area contributed by atoms with Gasteiger partial charge in [0.05, 0.1) is 7.11 Å². The molecule has 2 rings (SSSR count). The molecule has 0 atom stereocenters. The van der Waals surface area contributed by atoms with Crippen LogP contribution in [-0.4, -0.2) is 18.3 Å². The van der Waals surface area contributed by atoms with E-state index in [-0.39, 0.29) is 0 Å². The predicted molar refractivity (Wildman–Crippen MR) is 69.1 cm³/mol. The quantitative estimate of drug-likeness (QED) is 0.751. The summed E-state index contributed by atoms with van der Waals surface area (Å²) in [4.78, 5) is 8.45. The minimum atomic E-state index is 0.770. The molecule has 0 saturated carbocycles. The Morgan fingerprint density at radius 2 is 2.12 bits per heavy atom. The molecule has 0 unspecified atom stereocenters. The van der Waals surface area contributed by atoms with Gasteiger partial charge in [0.15, 0.2) is 0 Å². The molecule has 1 heterocycles. The van der Waals surface area contributed by atoms with E-state index in [1.54, 1.807) is 13.3 Å². The molecule has 3 nitrogen and oxygen atoms in total. The van der Waals surface area contributed by atoms with Crippen molar-refractivity contribution in [2.45, 2.75) is 6.42 Å². The van der Waals surface area contributed by atoms with Crippen molar-refractivity contribution in [2.24, 2.45) is 4.99 Å². The summed E-state index contributed by atoms with van der Waals surface area (Å²) < 4.78 is 5.22. The molecule has 0 bridgehead atoms. The first-order valence-electron chi connectivity index (χ1n) is 5.44. The number of pyridine rings is 1. The first kappa shape index (κ1) is 11.3. The molecule has 0 N–H and O–H groups in total. The van der Waals surface area contributed by atoms with Crippen LogP contribution in [0.5, 0.6) is 5.75 Å². The van der Waals surface area contributed by atoms with Crippen molar-refractivity contribution >= 4 is 11.9 Å². The molecule has 1 aromatic carbocycles. The smallest absolute Gasteiger partial charge is 0.144 e. The molecule has 3 heteroatoms. The molecule has 1 aromatic heterocycles. The molecule has 0 radical (unpaired) electrons. The van der Waals surface area contributed by atoms with Crippen LogP contribution in [0.4, 0.5) is 5.69 Å². The van der Waals surface area contributed by atoms with Crippen LogP contribution < -0.4 is 4.74 Å². The van der Waals surface area contributed by atoms with E-state index in [4.69, 9.17) is 4.74 Å². The number of hydrogen-bond acceptors (Lipinski definition) is 3. The monoisotopic (exact) mass is 226 g/mol. The first-order chi connectivity index (χ1) is 8.40. The molecular formula is C14H14N2O. The summed E-state index contributed by atoms with van der Waals surface area (Å²) in [5.74, 6) is 0.787. The Balaban J connectivity index is 2.06. The Morgan fingerprint density at radius 3 is 2.88 bits per heavy atom. The fraction of sp³-hybridized carbons (Fsp3) is 0.143. The summed E-state index contributed by atoms with van der Waals surface area (Å²) >= 11 is 0. The van der Waals surface area contributed by atoms with E-state index < -0.39 is 0 Å². The van der Waals surface area contributed by atoms with E-state index in [9.17, 15) is 0 Å². The van der Waals surface area contributed by atoms with Crippen molar-refractivity contribution in [3.8, 4) is 5.75 Å². The van der Waals surface area contributed by atoms with Gasteiger partial charge < -0.3 is 4.74 Å². The van der Waals surface area contributed by atoms with Crippen LogP contribution in [0.3, 0.4) is 0 Å². The fourth-order valence-corrected chi connectivity index (χ4v) is 1.50. The maximum absolute atomic E-state index is 5.22. The van der Waals surface area contributed by atoms with E-state index in [1.165, 1.54) is 0 Å². The number of benzene rings is 1. The van der Waals surface area contributed by atoms with E-state index in [0.29, 0.717) is 0 Å². The van der Waals surface area contributed by atoms with E-state index in [1.807, 2.05) is 48.8 Å². The van der Waals surface area contributed by atoms with Crippen LogP contribution in [0, 0.1) is 0 Å². The number of aliphatic imine (C=N–C) groups is 1. The molecule has 0 aliphatic heterocycles. The third-order valence-corrected chi connectivity index (χ3v) is 2.37. The van der Waals surface area contributed by atoms with Crippen LogP contribution in [0.1, 0.15) is 5.56 Å². The highest BCUT2D eigenvalue weighted by molar-refractivity contribution is 5.68. The van der Waals surface area contributed by atoms with Gasteiger partial charge in [0.1, 0.15) is 11.4 Å². The Kier molecular flexibility index (Phi) is 3.86. The molecule has 0 saturated heterocycles. The van der Waals surface area contributed by atoms with Crippen molar-refractivity contribution in [1.82, 2.24) is 4.98 Å². The van der Waals surface area contributed by atoms with Gasteiger partial charge in [-0.3, -0.25) is 9.98 Å². The van der Waals surface area contributed by atoms with Crippen molar-refractivity contribution in [3.05, 3.63) is 54.4 Å². The Hall–Kier alpha value is -2.16. The number of aromatic nitrogens is 1. The van der Waals surface area contributed by atoms with Crippen molar-refractivity contribution < 1.29 is 4.74 Å². The van der Waals surface area contributed by atoms with Gasteiger partial charge in [0.2, 0.25) is 0 Å². The van der Waals surface area contributed by atoms with Crippen molar-refractivity contribution in [1.29, 1.82) is 0 Å². The van der Waals surface area contributed by atoms with Crippen LogP contribution in [0.25, 0.3) is 0 Å².